The summed E-state index contributed by atoms with van der Waals surface area (Å²) in [5.41, 5.74) is 2.01. The monoisotopic (exact) mass is 262 g/mol. The van der Waals surface area contributed by atoms with Crippen LogP contribution in [0.3, 0.4) is 0 Å². The maximum absolute atomic E-state index is 4.15. The van der Waals surface area contributed by atoms with Gasteiger partial charge in [0, 0.05) is 11.4 Å². The van der Waals surface area contributed by atoms with Gasteiger partial charge in [-0.3, -0.25) is 0 Å². The standard InChI is InChI=1S/C13H18N4S/c1-3-8-14-9-11-10-17(16-15-11)12-4-6-13(18-2)7-5-12/h4-7,10,14H,3,8-9H2,1-2H3. The molecule has 0 atom stereocenters. The van der Waals surface area contributed by atoms with Gasteiger partial charge in [-0.05, 0) is 43.5 Å². The second-order valence-corrected chi connectivity index (χ2v) is 4.91. The van der Waals surface area contributed by atoms with Crippen molar-refractivity contribution in [3.05, 3.63) is 36.2 Å². The highest BCUT2D eigenvalue weighted by atomic mass is 32.2. The molecule has 0 fully saturated rings. The first-order valence-corrected chi connectivity index (χ1v) is 7.32. The van der Waals surface area contributed by atoms with Gasteiger partial charge in [-0.25, -0.2) is 4.68 Å². The van der Waals surface area contributed by atoms with Crippen molar-refractivity contribution < 1.29 is 0 Å². The minimum Gasteiger partial charge on any atom is -0.311 e. The summed E-state index contributed by atoms with van der Waals surface area (Å²) in [4.78, 5) is 1.25. The Kier molecular flexibility index (Phi) is 4.78. The third-order valence-corrected chi connectivity index (χ3v) is 3.35. The maximum atomic E-state index is 4.15. The number of thioether (sulfide) groups is 1. The number of hydrogen-bond donors (Lipinski definition) is 1. The average Bonchev–Trinajstić information content (AvgIpc) is 2.88. The van der Waals surface area contributed by atoms with Crippen molar-refractivity contribution in [3.8, 4) is 5.69 Å². The van der Waals surface area contributed by atoms with Gasteiger partial charge >= 0.3 is 0 Å². The fraction of sp³-hybridized carbons (Fsp3) is 0.385. The Morgan fingerprint density at radius 1 is 1.28 bits per heavy atom. The molecule has 0 bridgehead atoms. The van der Waals surface area contributed by atoms with Gasteiger partial charge in [0.25, 0.3) is 0 Å². The summed E-state index contributed by atoms with van der Waals surface area (Å²) in [6, 6.07) is 8.31. The summed E-state index contributed by atoms with van der Waals surface area (Å²) >= 11 is 1.74. The highest BCUT2D eigenvalue weighted by Gasteiger charge is 2.02. The summed E-state index contributed by atoms with van der Waals surface area (Å²) in [5, 5.41) is 11.6. The lowest BCUT2D eigenvalue weighted by Crippen LogP contribution is -2.13. The number of hydrogen-bond acceptors (Lipinski definition) is 4. The van der Waals surface area contributed by atoms with Gasteiger partial charge in [-0.15, -0.1) is 16.9 Å². The molecule has 0 unspecified atom stereocenters. The number of nitrogens with one attached hydrogen (secondary N) is 1. The lowest BCUT2D eigenvalue weighted by atomic mass is 10.3. The molecule has 1 heterocycles. The van der Waals surface area contributed by atoms with Crippen LogP contribution in [-0.2, 0) is 6.54 Å². The van der Waals surface area contributed by atoms with Crippen LogP contribution >= 0.6 is 11.8 Å². The molecule has 0 saturated carbocycles. The van der Waals surface area contributed by atoms with Crippen LogP contribution < -0.4 is 5.32 Å². The molecule has 1 aromatic carbocycles. The van der Waals surface area contributed by atoms with Gasteiger partial charge in [0.15, 0.2) is 0 Å². The number of aromatic nitrogens is 3. The van der Waals surface area contributed by atoms with Crippen molar-refractivity contribution >= 4 is 11.8 Å². The number of rotatable bonds is 6. The molecule has 0 aliphatic carbocycles. The van der Waals surface area contributed by atoms with E-state index in [1.165, 1.54) is 4.90 Å². The Morgan fingerprint density at radius 2 is 2.06 bits per heavy atom. The van der Waals surface area contributed by atoms with E-state index in [4.69, 9.17) is 0 Å². The van der Waals surface area contributed by atoms with E-state index in [0.717, 1.165) is 30.9 Å². The number of benzene rings is 1. The summed E-state index contributed by atoms with van der Waals surface area (Å²) in [7, 11) is 0. The van der Waals surface area contributed by atoms with Crippen LogP contribution in [0.2, 0.25) is 0 Å². The average molecular weight is 262 g/mol. The molecule has 5 heteroatoms. The van der Waals surface area contributed by atoms with Gasteiger partial charge in [0.1, 0.15) is 0 Å². The second-order valence-electron chi connectivity index (χ2n) is 4.03. The second kappa shape index (κ2) is 6.56. The minimum absolute atomic E-state index is 0.775. The highest BCUT2D eigenvalue weighted by Crippen LogP contribution is 2.16. The Hall–Kier alpha value is -1.33. The van der Waals surface area contributed by atoms with Crippen molar-refractivity contribution in [3.63, 3.8) is 0 Å². The molecular weight excluding hydrogens is 244 g/mol. The van der Waals surface area contributed by atoms with Crippen LogP contribution in [-0.4, -0.2) is 27.8 Å². The molecule has 96 valence electrons. The molecule has 0 aliphatic rings. The van der Waals surface area contributed by atoms with Crippen molar-refractivity contribution in [2.24, 2.45) is 0 Å². The molecule has 0 saturated heterocycles. The van der Waals surface area contributed by atoms with Crippen molar-refractivity contribution in [1.82, 2.24) is 20.3 Å². The first kappa shape index (κ1) is 13.1. The van der Waals surface area contributed by atoms with Crippen LogP contribution in [0.15, 0.2) is 35.4 Å². The van der Waals surface area contributed by atoms with E-state index in [1.807, 2.05) is 10.9 Å². The van der Waals surface area contributed by atoms with Crippen LogP contribution in [0.1, 0.15) is 19.0 Å². The summed E-state index contributed by atoms with van der Waals surface area (Å²) in [6.45, 7) is 3.93. The van der Waals surface area contributed by atoms with E-state index in [0.29, 0.717) is 0 Å². The highest BCUT2D eigenvalue weighted by molar-refractivity contribution is 7.98. The molecule has 2 rings (SSSR count). The molecular formula is C13H18N4S. The largest absolute Gasteiger partial charge is 0.311 e. The van der Waals surface area contributed by atoms with E-state index in [-0.39, 0.29) is 0 Å². The van der Waals surface area contributed by atoms with Gasteiger partial charge in [0.05, 0.1) is 17.6 Å². The first-order valence-electron chi connectivity index (χ1n) is 6.10. The zero-order valence-electron chi connectivity index (χ0n) is 10.8. The van der Waals surface area contributed by atoms with Gasteiger partial charge in [0.2, 0.25) is 0 Å². The lowest BCUT2D eigenvalue weighted by molar-refractivity contribution is 0.662. The lowest BCUT2D eigenvalue weighted by Gasteiger charge is -2.01. The van der Waals surface area contributed by atoms with E-state index in [2.05, 4.69) is 53.1 Å². The first-order chi connectivity index (χ1) is 8.83. The van der Waals surface area contributed by atoms with Crippen LogP contribution in [0.25, 0.3) is 5.69 Å². The van der Waals surface area contributed by atoms with Gasteiger partial charge in [-0.1, -0.05) is 12.1 Å². The molecule has 1 aromatic heterocycles. The van der Waals surface area contributed by atoms with Crippen LogP contribution in [0.5, 0.6) is 0 Å². The molecule has 2 aromatic rings. The smallest absolute Gasteiger partial charge is 0.0969 e. The third kappa shape index (κ3) is 3.34. The molecule has 18 heavy (non-hydrogen) atoms. The van der Waals surface area contributed by atoms with Crippen LogP contribution in [0.4, 0.5) is 0 Å². The Labute approximate surface area is 112 Å². The Morgan fingerprint density at radius 3 is 2.72 bits per heavy atom. The molecule has 4 nitrogen and oxygen atoms in total. The third-order valence-electron chi connectivity index (χ3n) is 2.61. The zero-order chi connectivity index (χ0) is 12.8. The normalized spacial score (nSPS) is 10.8. The van der Waals surface area contributed by atoms with E-state index in [9.17, 15) is 0 Å². The molecule has 1 N–H and O–H groups in total. The molecule has 0 aliphatic heterocycles. The summed E-state index contributed by atoms with van der Waals surface area (Å²) in [6.07, 6.45) is 5.17. The zero-order valence-corrected chi connectivity index (χ0v) is 11.6. The van der Waals surface area contributed by atoms with Crippen LogP contribution in [0, 0.1) is 0 Å². The minimum atomic E-state index is 0.775. The van der Waals surface area contributed by atoms with Crippen molar-refractivity contribution in [1.29, 1.82) is 0 Å². The van der Waals surface area contributed by atoms with E-state index in [1.54, 1.807) is 11.8 Å². The quantitative estimate of drug-likeness (QED) is 0.641. The molecule has 0 radical (unpaired) electrons. The van der Waals surface area contributed by atoms with E-state index >= 15 is 0 Å². The van der Waals surface area contributed by atoms with Crippen molar-refractivity contribution in [2.45, 2.75) is 24.8 Å². The fourth-order valence-corrected chi connectivity index (χ4v) is 2.04. The Bertz CT molecular complexity index is 478. The molecule has 0 amide bonds. The predicted molar refractivity (Wildman–Crippen MR) is 75.1 cm³/mol. The summed E-state index contributed by atoms with van der Waals surface area (Å²) < 4.78 is 1.81. The topological polar surface area (TPSA) is 42.7 Å². The predicted octanol–water partition coefficient (Wildman–Crippen LogP) is 2.49. The number of nitrogens with zero attached hydrogens (tertiary/aromatic N) is 3. The maximum Gasteiger partial charge on any atom is 0.0969 e. The fourth-order valence-electron chi connectivity index (χ4n) is 1.63. The van der Waals surface area contributed by atoms with E-state index < -0.39 is 0 Å². The SMILES string of the molecule is CCCNCc1cn(-c2ccc(SC)cc2)nn1. The van der Waals surface area contributed by atoms with Crippen molar-refractivity contribution in [2.75, 3.05) is 12.8 Å². The summed E-state index contributed by atoms with van der Waals surface area (Å²) in [5.74, 6) is 0. The van der Waals surface area contributed by atoms with Gasteiger partial charge < -0.3 is 5.32 Å². The Balaban J connectivity index is 2.04. The molecule has 0 spiro atoms. The van der Waals surface area contributed by atoms with Gasteiger partial charge in [-0.2, -0.15) is 0 Å².